The Morgan fingerprint density at radius 3 is 2.80 bits per heavy atom. The summed E-state index contributed by atoms with van der Waals surface area (Å²) in [5.41, 5.74) is 0.277. The third-order valence-electron chi connectivity index (χ3n) is 2.52. The first kappa shape index (κ1) is 14.7. The van der Waals surface area contributed by atoms with Crippen LogP contribution in [0.25, 0.3) is 0 Å². The highest BCUT2D eigenvalue weighted by Crippen LogP contribution is 2.22. The second-order valence-electron chi connectivity index (χ2n) is 4.00. The molecule has 106 valence electrons. The fraction of sp³-hybridized carbons (Fsp3) is 0.154. The van der Waals surface area contributed by atoms with Crippen LogP contribution in [0.1, 0.15) is 5.76 Å². The van der Waals surface area contributed by atoms with Gasteiger partial charge in [0.15, 0.2) is 0 Å². The van der Waals surface area contributed by atoms with Crippen molar-refractivity contribution in [1.29, 1.82) is 0 Å². The molecule has 1 heterocycles. The maximum absolute atomic E-state index is 12.9. The number of anilines is 1. The number of furan rings is 1. The van der Waals surface area contributed by atoms with Gasteiger partial charge in [0.25, 0.3) is 0 Å². The molecule has 7 heteroatoms. The van der Waals surface area contributed by atoms with E-state index >= 15 is 0 Å². The van der Waals surface area contributed by atoms with Crippen molar-refractivity contribution in [2.45, 2.75) is 11.8 Å². The number of aryl methyl sites for hydroxylation is 1. The number of rotatable bonds is 4. The first-order chi connectivity index (χ1) is 9.47. The molecule has 1 amide bonds. The number of benzene rings is 1. The molecule has 0 radical (unpaired) electrons. The van der Waals surface area contributed by atoms with E-state index in [0.29, 0.717) is 10.7 Å². The molecule has 2 aromatic rings. The van der Waals surface area contributed by atoms with Crippen molar-refractivity contribution >= 4 is 34.0 Å². The minimum absolute atomic E-state index is 0.0867. The summed E-state index contributed by atoms with van der Waals surface area (Å²) in [6.07, 6.45) is 1.41. The van der Waals surface area contributed by atoms with E-state index in [2.05, 4.69) is 5.32 Å². The Balaban J connectivity index is 2.03. The van der Waals surface area contributed by atoms with Crippen molar-refractivity contribution in [3.8, 4) is 0 Å². The largest absolute Gasteiger partial charge is 0.468 e. The Hall–Kier alpha value is -1.66. The molecule has 4 nitrogen and oxygen atoms in total. The molecule has 0 fully saturated rings. The molecule has 1 N–H and O–H groups in total. The normalized spacial score (nSPS) is 12.2. The second-order valence-corrected chi connectivity index (χ2v) is 5.83. The fourth-order valence-electron chi connectivity index (χ4n) is 1.58. The van der Waals surface area contributed by atoms with E-state index in [1.165, 1.54) is 18.4 Å². The van der Waals surface area contributed by atoms with Crippen LogP contribution in [0.5, 0.6) is 0 Å². The summed E-state index contributed by atoms with van der Waals surface area (Å²) in [4.78, 5) is 12.3. The van der Waals surface area contributed by atoms with Gasteiger partial charge in [-0.3, -0.25) is 9.00 Å². The van der Waals surface area contributed by atoms with E-state index < -0.39 is 22.5 Å². The number of hydrogen-bond acceptors (Lipinski definition) is 3. The Morgan fingerprint density at radius 2 is 2.20 bits per heavy atom. The van der Waals surface area contributed by atoms with Crippen molar-refractivity contribution in [3.05, 3.63) is 47.1 Å². The molecule has 0 aliphatic carbocycles. The quantitative estimate of drug-likeness (QED) is 0.943. The minimum Gasteiger partial charge on any atom is -0.468 e. The summed E-state index contributed by atoms with van der Waals surface area (Å²) in [5, 5.41) is 2.58. The molecule has 0 saturated heterocycles. The summed E-state index contributed by atoms with van der Waals surface area (Å²) in [7, 11) is -1.50. The van der Waals surface area contributed by atoms with E-state index in [1.807, 2.05) is 0 Å². The van der Waals surface area contributed by atoms with Crippen LogP contribution in [0.15, 0.2) is 39.8 Å². The minimum atomic E-state index is -1.50. The molecular formula is C13H11ClFNO3S. The van der Waals surface area contributed by atoms with E-state index in [1.54, 1.807) is 13.0 Å². The van der Waals surface area contributed by atoms with Crippen molar-refractivity contribution in [2.75, 3.05) is 11.1 Å². The molecule has 0 aliphatic heterocycles. The Kier molecular flexibility index (Phi) is 4.57. The van der Waals surface area contributed by atoms with Crippen LogP contribution in [0.2, 0.25) is 5.02 Å². The lowest BCUT2D eigenvalue weighted by Gasteiger charge is -2.07. The lowest BCUT2D eigenvalue weighted by Crippen LogP contribution is -2.19. The number of carbonyl (C=O) groups is 1. The summed E-state index contributed by atoms with van der Waals surface area (Å²) in [5.74, 6) is -0.687. The first-order valence-corrected chi connectivity index (χ1v) is 7.34. The lowest BCUT2D eigenvalue weighted by molar-refractivity contribution is -0.113. The van der Waals surface area contributed by atoms with Crippen LogP contribution in [0.4, 0.5) is 10.1 Å². The Bertz CT molecular complexity index is 671. The van der Waals surface area contributed by atoms with E-state index in [0.717, 1.165) is 6.07 Å². The third kappa shape index (κ3) is 3.46. The predicted octanol–water partition coefficient (Wildman–Crippen LogP) is 3.13. The van der Waals surface area contributed by atoms with Gasteiger partial charge in [-0.15, -0.1) is 0 Å². The van der Waals surface area contributed by atoms with Crippen molar-refractivity contribution in [1.82, 2.24) is 0 Å². The van der Waals surface area contributed by atoms with Gasteiger partial charge < -0.3 is 9.73 Å². The van der Waals surface area contributed by atoms with Gasteiger partial charge >= 0.3 is 0 Å². The SMILES string of the molecule is Cc1occc1S(=O)CC(=O)Nc1ccc(F)cc1Cl. The predicted molar refractivity (Wildman–Crippen MR) is 74.8 cm³/mol. The van der Waals surface area contributed by atoms with Crippen molar-refractivity contribution < 1.29 is 17.8 Å². The van der Waals surface area contributed by atoms with Crippen LogP contribution in [0.3, 0.4) is 0 Å². The zero-order valence-electron chi connectivity index (χ0n) is 10.5. The number of amides is 1. The molecule has 0 bridgehead atoms. The van der Waals surface area contributed by atoms with E-state index in [-0.39, 0.29) is 16.5 Å². The first-order valence-electron chi connectivity index (χ1n) is 5.64. The average molecular weight is 316 g/mol. The lowest BCUT2D eigenvalue weighted by atomic mass is 10.3. The van der Waals surface area contributed by atoms with Crippen molar-refractivity contribution in [2.24, 2.45) is 0 Å². The molecule has 1 unspecified atom stereocenters. The Labute approximate surface area is 122 Å². The van der Waals surface area contributed by atoms with Crippen LogP contribution in [-0.4, -0.2) is 15.9 Å². The molecule has 0 aliphatic rings. The van der Waals surface area contributed by atoms with Gasteiger partial charge in [-0.05, 0) is 31.2 Å². The molecule has 0 saturated carbocycles. The van der Waals surface area contributed by atoms with Gasteiger partial charge in [0, 0.05) is 0 Å². The van der Waals surface area contributed by atoms with Crippen molar-refractivity contribution in [3.63, 3.8) is 0 Å². The molecular weight excluding hydrogens is 305 g/mol. The van der Waals surface area contributed by atoms with Crippen LogP contribution in [-0.2, 0) is 15.6 Å². The van der Waals surface area contributed by atoms with Crippen LogP contribution in [0, 0.1) is 12.7 Å². The van der Waals surface area contributed by atoms with Gasteiger partial charge in [-0.25, -0.2) is 4.39 Å². The highest BCUT2D eigenvalue weighted by molar-refractivity contribution is 7.85. The van der Waals surface area contributed by atoms with Gasteiger partial charge in [-0.2, -0.15) is 0 Å². The average Bonchev–Trinajstić information content (AvgIpc) is 2.79. The number of halogens is 2. The zero-order valence-corrected chi connectivity index (χ0v) is 12.1. The molecule has 2 rings (SSSR count). The second kappa shape index (κ2) is 6.19. The van der Waals surface area contributed by atoms with E-state index in [4.69, 9.17) is 16.0 Å². The molecule has 1 atom stereocenters. The zero-order chi connectivity index (χ0) is 14.7. The molecule has 20 heavy (non-hydrogen) atoms. The van der Waals surface area contributed by atoms with E-state index in [9.17, 15) is 13.4 Å². The summed E-state index contributed by atoms with van der Waals surface area (Å²) in [6, 6.07) is 5.18. The van der Waals surface area contributed by atoms with Crippen LogP contribution >= 0.6 is 11.6 Å². The third-order valence-corrected chi connectivity index (χ3v) is 4.28. The monoisotopic (exact) mass is 315 g/mol. The smallest absolute Gasteiger partial charge is 0.237 e. The topological polar surface area (TPSA) is 59.3 Å². The van der Waals surface area contributed by atoms with Gasteiger partial charge in [0.2, 0.25) is 5.91 Å². The van der Waals surface area contributed by atoms with Gasteiger partial charge in [0.1, 0.15) is 17.3 Å². The summed E-state index contributed by atoms with van der Waals surface area (Å²) >= 11 is 5.79. The number of hydrogen-bond donors (Lipinski definition) is 1. The maximum Gasteiger partial charge on any atom is 0.237 e. The summed E-state index contributed by atoms with van der Waals surface area (Å²) < 4.78 is 29.9. The molecule has 0 spiro atoms. The standard InChI is InChI=1S/C13H11ClFNO3S/c1-8-12(4-5-19-8)20(18)7-13(17)16-11-3-2-9(15)6-10(11)14/h2-6H,7H2,1H3,(H,16,17). The summed E-state index contributed by atoms with van der Waals surface area (Å²) in [6.45, 7) is 1.67. The van der Waals surface area contributed by atoms with Crippen LogP contribution < -0.4 is 5.32 Å². The number of nitrogens with one attached hydrogen (secondary N) is 1. The highest BCUT2D eigenvalue weighted by atomic mass is 35.5. The fourth-order valence-corrected chi connectivity index (χ4v) is 2.84. The Morgan fingerprint density at radius 1 is 1.45 bits per heavy atom. The van der Waals surface area contributed by atoms with Gasteiger partial charge in [-0.1, -0.05) is 11.6 Å². The molecule has 1 aromatic heterocycles. The molecule has 1 aromatic carbocycles. The van der Waals surface area contributed by atoms with Gasteiger partial charge in [0.05, 0.1) is 32.7 Å². The maximum atomic E-state index is 12.9. The highest BCUT2D eigenvalue weighted by Gasteiger charge is 2.15. The number of carbonyl (C=O) groups excluding carboxylic acids is 1.